The van der Waals surface area contributed by atoms with Crippen LogP contribution in [0.4, 0.5) is 0 Å². The molecule has 2 aromatic rings. The normalized spacial score (nSPS) is 30.5. The fourth-order valence-electron chi connectivity index (χ4n) is 4.76. The lowest BCUT2D eigenvalue weighted by molar-refractivity contribution is 0.0360. The van der Waals surface area contributed by atoms with Gasteiger partial charge in [0, 0.05) is 42.5 Å². The highest BCUT2D eigenvalue weighted by Gasteiger charge is 2.48. The number of hydrogen-bond acceptors (Lipinski definition) is 5. The van der Waals surface area contributed by atoms with Crippen molar-refractivity contribution in [3.8, 4) is 5.75 Å². The van der Waals surface area contributed by atoms with Crippen molar-refractivity contribution < 1.29 is 10.2 Å². The van der Waals surface area contributed by atoms with Crippen LogP contribution in [0.15, 0.2) is 35.8 Å². The second kappa shape index (κ2) is 6.71. The highest BCUT2D eigenvalue weighted by molar-refractivity contribution is 7.09. The SMILES string of the molecule is CC(CN1CC2CC(O)(Cc3cccs3)CC2C1)c1ccc(O)cn1. The zero-order valence-electron chi connectivity index (χ0n) is 14.6. The van der Waals surface area contributed by atoms with Gasteiger partial charge in [-0.25, -0.2) is 0 Å². The first-order chi connectivity index (χ1) is 12.0. The van der Waals surface area contributed by atoms with E-state index in [0.29, 0.717) is 17.8 Å². The molecule has 2 aromatic heterocycles. The molecule has 134 valence electrons. The Morgan fingerprint density at radius 3 is 2.64 bits per heavy atom. The second-order valence-electron chi connectivity index (χ2n) is 7.97. The van der Waals surface area contributed by atoms with E-state index in [-0.39, 0.29) is 5.75 Å². The third-order valence-electron chi connectivity index (χ3n) is 5.83. The smallest absolute Gasteiger partial charge is 0.133 e. The summed E-state index contributed by atoms with van der Waals surface area (Å²) in [5.41, 5.74) is 0.528. The van der Waals surface area contributed by atoms with E-state index in [9.17, 15) is 10.2 Å². The van der Waals surface area contributed by atoms with Crippen LogP contribution in [0.3, 0.4) is 0 Å². The van der Waals surface area contributed by atoms with Gasteiger partial charge in [0.15, 0.2) is 0 Å². The molecule has 3 atom stereocenters. The van der Waals surface area contributed by atoms with Crippen LogP contribution >= 0.6 is 11.3 Å². The predicted octanol–water partition coefficient (Wildman–Crippen LogP) is 3.27. The van der Waals surface area contributed by atoms with Gasteiger partial charge < -0.3 is 15.1 Å². The van der Waals surface area contributed by atoms with Crippen molar-refractivity contribution in [2.75, 3.05) is 19.6 Å². The highest BCUT2D eigenvalue weighted by atomic mass is 32.1. The van der Waals surface area contributed by atoms with E-state index in [0.717, 1.165) is 44.6 Å². The number of pyridine rings is 1. The van der Waals surface area contributed by atoms with Crippen LogP contribution in [0.1, 0.15) is 36.3 Å². The molecule has 4 nitrogen and oxygen atoms in total. The summed E-state index contributed by atoms with van der Waals surface area (Å²) < 4.78 is 0. The molecule has 0 amide bonds. The number of aliphatic hydroxyl groups is 1. The van der Waals surface area contributed by atoms with Gasteiger partial charge in [0.1, 0.15) is 5.75 Å². The molecule has 1 aliphatic heterocycles. The molecule has 5 heteroatoms. The van der Waals surface area contributed by atoms with Gasteiger partial charge >= 0.3 is 0 Å². The van der Waals surface area contributed by atoms with Gasteiger partial charge in [-0.3, -0.25) is 4.98 Å². The van der Waals surface area contributed by atoms with Crippen molar-refractivity contribution in [1.82, 2.24) is 9.88 Å². The number of fused-ring (bicyclic) bond motifs is 1. The molecule has 25 heavy (non-hydrogen) atoms. The van der Waals surface area contributed by atoms with Crippen LogP contribution in [-0.4, -0.2) is 45.3 Å². The molecular weight excluding hydrogens is 332 g/mol. The quantitative estimate of drug-likeness (QED) is 0.861. The monoisotopic (exact) mass is 358 g/mol. The largest absolute Gasteiger partial charge is 0.506 e. The van der Waals surface area contributed by atoms with Crippen LogP contribution in [0, 0.1) is 11.8 Å². The topological polar surface area (TPSA) is 56.6 Å². The molecule has 0 aromatic carbocycles. The summed E-state index contributed by atoms with van der Waals surface area (Å²) >= 11 is 1.75. The van der Waals surface area contributed by atoms with Crippen molar-refractivity contribution in [2.24, 2.45) is 11.8 Å². The molecule has 3 heterocycles. The van der Waals surface area contributed by atoms with Crippen LogP contribution < -0.4 is 0 Å². The molecule has 2 N–H and O–H groups in total. The molecule has 0 spiro atoms. The minimum atomic E-state index is -0.504. The Bertz CT molecular complexity index is 687. The van der Waals surface area contributed by atoms with E-state index >= 15 is 0 Å². The molecule has 0 radical (unpaired) electrons. The van der Waals surface area contributed by atoms with Crippen molar-refractivity contribution in [3.05, 3.63) is 46.4 Å². The maximum absolute atomic E-state index is 11.0. The fourth-order valence-corrected chi connectivity index (χ4v) is 5.60. The van der Waals surface area contributed by atoms with E-state index in [4.69, 9.17) is 0 Å². The van der Waals surface area contributed by atoms with Gasteiger partial charge in [0.05, 0.1) is 11.8 Å². The molecule has 0 bridgehead atoms. The van der Waals surface area contributed by atoms with Gasteiger partial charge in [-0.05, 0) is 48.3 Å². The molecular formula is C20H26N2O2S. The Balaban J connectivity index is 1.32. The number of rotatable bonds is 5. The van der Waals surface area contributed by atoms with Crippen molar-refractivity contribution >= 4 is 11.3 Å². The lowest BCUT2D eigenvalue weighted by Gasteiger charge is -2.26. The van der Waals surface area contributed by atoms with Gasteiger partial charge in [-0.1, -0.05) is 13.0 Å². The molecule has 2 aliphatic rings. The van der Waals surface area contributed by atoms with E-state index in [1.54, 1.807) is 17.4 Å². The highest BCUT2D eigenvalue weighted by Crippen LogP contribution is 2.45. The van der Waals surface area contributed by atoms with Crippen molar-refractivity contribution in [1.29, 1.82) is 0 Å². The Labute approximate surface area is 153 Å². The maximum atomic E-state index is 11.0. The number of hydrogen-bond donors (Lipinski definition) is 2. The fraction of sp³-hybridized carbons (Fsp3) is 0.550. The molecule has 3 unspecified atom stereocenters. The predicted molar refractivity (Wildman–Crippen MR) is 99.9 cm³/mol. The molecule has 1 aliphatic carbocycles. The minimum Gasteiger partial charge on any atom is -0.506 e. The van der Waals surface area contributed by atoms with E-state index < -0.39 is 5.60 Å². The number of likely N-dealkylation sites (tertiary alicyclic amines) is 1. The molecule has 1 saturated heterocycles. The number of nitrogens with zero attached hydrogens (tertiary/aromatic N) is 2. The van der Waals surface area contributed by atoms with E-state index in [2.05, 4.69) is 34.3 Å². The van der Waals surface area contributed by atoms with Crippen molar-refractivity contribution in [3.63, 3.8) is 0 Å². The standard InChI is InChI=1S/C20H26N2O2S/c1-14(19-5-4-17(23)10-21-19)11-22-12-15-7-20(24,8-16(15)13-22)9-18-3-2-6-25-18/h2-6,10,14-16,23-24H,7-9,11-13H2,1H3. The minimum absolute atomic E-state index is 0.219. The maximum Gasteiger partial charge on any atom is 0.133 e. The van der Waals surface area contributed by atoms with E-state index in [1.807, 2.05) is 6.07 Å². The third kappa shape index (κ3) is 3.73. The zero-order valence-corrected chi connectivity index (χ0v) is 15.5. The van der Waals surface area contributed by atoms with Gasteiger partial charge in [0.25, 0.3) is 0 Å². The summed E-state index contributed by atoms with van der Waals surface area (Å²) in [6, 6.07) is 7.83. The van der Waals surface area contributed by atoms with Crippen LogP contribution in [-0.2, 0) is 6.42 Å². The average molecular weight is 359 g/mol. The summed E-state index contributed by atoms with van der Waals surface area (Å²) in [6.45, 7) is 5.36. The Hall–Kier alpha value is -1.43. The van der Waals surface area contributed by atoms with Crippen molar-refractivity contribution in [2.45, 2.75) is 37.7 Å². The Kier molecular flexibility index (Phi) is 4.56. The first-order valence-corrected chi connectivity index (χ1v) is 10.0. The third-order valence-corrected chi connectivity index (χ3v) is 6.70. The zero-order chi connectivity index (χ0) is 17.4. The number of thiophene rings is 1. The molecule has 4 rings (SSSR count). The van der Waals surface area contributed by atoms with Crippen LogP contribution in [0.2, 0.25) is 0 Å². The first-order valence-electron chi connectivity index (χ1n) is 9.13. The molecule has 1 saturated carbocycles. The van der Waals surface area contributed by atoms with Gasteiger partial charge in [-0.2, -0.15) is 0 Å². The summed E-state index contributed by atoms with van der Waals surface area (Å²) in [5.74, 6) is 1.80. The first kappa shape index (κ1) is 17.0. The van der Waals surface area contributed by atoms with Gasteiger partial charge in [0.2, 0.25) is 0 Å². The lowest BCUT2D eigenvalue weighted by Crippen LogP contribution is -2.33. The average Bonchev–Trinajstić information content (AvgIpc) is 3.24. The van der Waals surface area contributed by atoms with Crippen LogP contribution in [0.25, 0.3) is 0 Å². The number of aromatic hydroxyl groups is 1. The summed E-state index contributed by atoms with van der Waals surface area (Å²) in [7, 11) is 0. The van der Waals surface area contributed by atoms with E-state index in [1.165, 1.54) is 11.1 Å². The number of aromatic nitrogens is 1. The Morgan fingerprint density at radius 1 is 1.28 bits per heavy atom. The van der Waals surface area contributed by atoms with Gasteiger partial charge in [-0.15, -0.1) is 11.3 Å². The molecule has 2 fully saturated rings. The Morgan fingerprint density at radius 2 is 2.04 bits per heavy atom. The second-order valence-corrected chi connectivity index (χ2v) is 9.00. The van der Waals surface area contributed by atoms with Crippen LogP contribution in [0.5, 0.6) is 5.75 Å². The summed E-state index contributed by atoms with van der Waals surface area (Å²) in [6.07, 6.45) is 4.19. The summed E-state index contributed by atoms with van der Waals surface area (Å²) in [4.78, 5) is 8.17. The lowest BCUT2D eigenvalue weighted by atomic mass is 9.94. The summed E-state index contributed by atoms with van der Waals surface area (Å²) in [5, 5.41) is 22.5.